The molecule has 1 amide bonds. The highest BCUT2D eigenvalue weighted by molar-refractivity contribution is 7.12. The maximum atomic E-state index is 10.9. The Hall–Kier alpha value is -2.41. The monoisotopic (exact) mass is 385 g/mol. The Morgan fingerprint density at radius 3 is 2.37 bits per heavy atom. The molecule has 0 unspecified atom stereocenters. The molecule has 0 radical (unpaired) electrons. The number of hydrogen-bond donors (Lipinski definition) is 0. The predicted octanol–water partition coefficient (Wildman–Crippen LogP) is 3.69. The second-order valence-electron chi connectivity index (χ2n) is 6.46. The van der Waals surface area contributed by atoms with Gasteiger partial charge >= 0.3 is 0 Å². The van der Waals surface area contributed by atoms with Gasteiger partial charge in [0.2, 0.25) is 6.41 Å². The fourth-order valence-electron chi connectivity index (χ4n) is 3.38. The van der Waals surface area contributed by atoms with Crippen molar-refractivity contribution in [2.24, 2.45) is 0 Å². The summed E-state index contributed by atoms with van der Waals surface area (Å²) in [4.78, 5) is 22.3. The first kappa shape index (κ1) is 19.4. The lowest BCUT2D eigenvalue weighted by Crippen LogP contribution is -2.46. The Bertz CT molecular complexity index is 937. The summed E-state index contributed by atoms with van der Waals surface area (Å²) < 4.78 is 1.93. The number of aryl methyl sites for hydroxylation is 3. The number of piperazine rings is 1. The van der Waals surface area contributed by atoms with E-state index in [-0.39, 0.29) is 0 Å². The van der Waals surface area contributed by atoms with Crippen molar-refractivity contribution in [3.05, 3.63) is 33.6 Å². The van der Waals surface area contributed by atoms with Gasteiger partial charge in [0.25, 0.3) is 0 Å². The predicted molar refractivity (Wildman–Crippen MR) is 112 cm³/mol. The molecule has 1 aliphatic rings. The number of anilines is 1. The molecule has 0 bridgehead atoms. The summed E-state index contributed by atoms with van der Waals surface area (Å²) in [6.45, 7) is 13.4. The van der Waals surface area contributed by atoms with Gasteiger partial charge in [0.1, 0.15) is 5.82 Å². The van der Waals surface area contributed by atoms with Gasteiger partial charge in [0.05, 0.1) is 11.4 Å². The van der Waals surface area contributed by atoms with E-state index in [9.17, 15) is 4.79 Å². The normalized spacial score (nSPS) is 14.3. The third kappa shape index (κ3) is 3.69. The Morgan fingerprint density at radius 1 is 1.07 bits per heavy atom. The molecule has 1 aliphatic heterocycles. The lowest BCUT2D eigenvalue weighted by molar-refractivity contribution is -0.118. The smallest absolute Gasteiger partial charge is 0.209 e. The van der Waals surface area contributed by atoms with E-state index >= 15 is 0 Å². The minimum absolute atomic E-state index is 0.741. The third-order valence-corrected chi connectivity index (χ3v) is 5.74. The first-order valence-electron chi connectivity index (χ1n) is 9.45. The quantitative estimate of drug-likeness (QED) is 0.645. The molecule has 1 fully saturated rings. The number of imidazole rings is 1. The van der Waals surface area contributed by atoms with Crippen LogP contribution in [0.25, 0.3) is 16.9 Å². The number of carbonyl (C=O) groups excluding carboxylic acids is 1. The maximum absolute atomic E-state index is 10.9. The standard InChI is InChI=1S/C18H21N5OS.C2H6/c1-12-10-15(14(3)25-12)18-13(2)23-16(19-18)4-5-17(20-23)22-8-6-21(11-24)7-9-22;1-2/h4-5,10-11H,6-9H2,1-3H3;1-2H3. The van der Waals surface area contributed by atoms with Crippen molar-refractivity contribution < 1.29 is 4.79 Å². The number of aromatic nitrogens is 3. The Balaban J connectivity index is 0.00000102. The molecule has 144 valence electrons. The Kier molecular flexibility index (Phi) is 5.79. The fourth-order valence-corrected chi connectivity index (χ4v) is 4.31. The van der Waals surface area contributed by atoms with Crippen molar-refractivity contribution in [2.75, 3.05) is 31.1 Å². The van der Waals surface area contributed by atoms with Crippen LogP contribution in [0.5, 0.6) is 0 Å². The number of fused-ring (bicyclic) bond motifs is 1. The van der Waals surface area contributed by atoms with Crippen LogP contribution in [0.15, 0.2) is 18.2 Å². The minimum atomic E-state index is 0.741. The minimum Gasteiger partial charge on any atom is -0.352 e. The first-order valence-corrected chi connectivity index (χ1v) is 10.3. The van der Waals surface area contributed by atoms with Crippen LogP contribution < -0.4 is 4.90 Å². The summed E-state index contributed by atoms with van der Waals surface area (Å²) in [5.41, 5.74) is 4.14. The lowest BCUT2D eigenvalue weighted by Gasteiger charge is -2.33. The number of nitrogens with zero attached hydrogens (tertiary/aromatic N) is 5. The molecule has 6 nitrogen and oxygen atoms in total. The van der Waals surface area contributed by atoms with Gasteiger partial charge in [-0.05, 0) is 39.0 Å². The number of carbonyl (C=O) groups is 1. The van der Waals surface area contributed by atoms with E-state index in [1.54, 1.807) is 16.2 Å². The molecule has 0 N–H and O–H groups in total. The third-order valence-electron chi connectivity index (χ3n) is 4.77. The van der Waals surface area contributed by atoms with Crippen LogP contribution >= 0.6 is 11.3 Å². The molecule has 1 saturated heterocycles. The molecule has 3 aromatic rings. The molecule has 27 heavy (non-hydrogen) atoms. The van der Waals surface area contributed by atoms with Crippen LogP contribution in [0, 0.1) is 20.8 Å². The van der Waals surface area contributed by atoms with Crippen LogP contribution in [0.3, 0.4) is 0 Å². The van der Waals surface area contributed by atoms with Gasteiger partial charge in [0.15, 0.2) is 5.65 Å². The molecule has 0 saturated carbocycles. The highest BCUT2D eigenvalue weighted by Gasteiger charge is 2.19. The average molecular weight is 386 g/mol. The number of hydrogen-bond acceptors (Lipinski definition) is 5. The summed E-state index contributed by atoms with van der Waals surface area (Å²) in [5.74, 6) is 0.934. The molecule has 4 rings (SSSR count). The van der Waals surface area contributed by atoms with Crippen LogP contribution in [-0.2, 0) is 4.79 Å². The zero-order valence-electron chi connectivity index (χ0n) is 16.7. The number of rotatable bonds is 3. The molecular weight excluding hydrogens is 358 g/mol. The van der Waals surface area contributed by atoms with E-state index in [4.69, 9.17) is 10.1 Å². The Morgan fingerprint density at radius 2 is 1.78 bits per heavy atom. The molecule has 0 spiro atoms. The molecule has 7 heteroatoms. The van der Waals surface area contributed by atoms with Gasteiger partial charge in [0, 0.05) is 41.5 Å². The maximum Gasteiger partial charge on any atom is 0.209 e. The molecule has 0 aliphatic carbocycles. The zero-order valence-corrected chi connectivity index (χ0v) is 17.5. The van der Waals surface area contributed by atoms with E-state index in [1.807, 2.05) is 30.5 Å². The second kappa shape index (κ2) is 8.08. The average Bonchev–Trinajstić information content (AvgIpc) is 3.21. The Labute approximate surface area is 164 Å². The van der Waals surface area contributed by atoms with Crippen LogP contribution in [0.2, 0.25) is 0 Å². The van der Waals surface area contributed by atoms with Crippen LogP contribution in [0.4, 0.5) is 5.82 Å². The van der Waals surface area contributed by atoms with Gasteiger partial charge in [-0.2, -0.15) is 0 Å². The summed E-state index contributed by atoms with van der Waals surface area (Å²) in [5, 5.41) is 4.81. The van der Waals surface area contributed by atoms with Crippen molar-refractivity contribution in [3.8, 4) is 11.3 Å². The zero-order chi connectivity index (χ0) is 19.6. The van der Waals surface area contributed by atoms with E-state index in [1.165, 1.54) is 15.3 Å². The van der Waals surface area contributed by atoms with Crippen molar-refractivity contribution in [1.82, 2.24) is 19.5 Å². The molecule has 4 heterocycles. The van der Waals surface area contributed by atoms with Crippen molar-refractivity contribution in [2.45, 2.75) is 34.6 Å². The van der Waals surface area contributed by atoms with E-state index in [2.05, 4.69) is 31.7 Å². The number of thiophene rings is 1. The summed E-state index contributed by atoms with van der Waals surface area (Å²) >= 11 is 1.80. The van der Waals surface area contributed by atoms with Crippen LogP contribution in [0.1, 0.15) is 29.3 Å². The van der Waals surface area contributed by atoms with Crippen molar-refractivity contribution in [1.29, 1.82) is 0 Å². The van der Waals surface area contributed by atoms with E-state index in [0.717, 1.165) is 55.4 Å². The van der Waals surface area contributed by atoms with Gasteiger partial charge < -0.3 is 9.80 Å². The SMILES string of the molecule is CC.Cc1cc(-c2nc3ccc(N4CCN(C=O)CC4)nn3c2C)c(C)s1. The number of amides is 1. The van der Waals surface area contributed by atoms with Crippen molar-refractivity contribution >= 4 is 29.2 Å². The van der Waals surface area contributed by atoms with Gasteiger partial charge in [-0.3, -0.25) is 4.79 Å². The fraction of sp³-hybridized carbons (Fsp3) is 0.450. The van der Waals surface area contributed by atoms with Gasteiger partial charge in [-0.15, -0.1) is 16.4 Å². The molecule has 3 aromatic heterocycles. The summed E-state index contributed by atoms with van der Waals surface area (Å²) in [7, 11) is 0. The summed E-state index contributed by atoms with van der Waals surface area (Å²) in [6, 6.07) is 6.25. The highest BCUT2D eigenvalue weighted by atomic mass is 32.1. The topological polar surface area (TPSA) is 53.7 Å². The van der Waals surface area contributed by atoms with Gasteiger partial charge in [-0.25, -0.2) is 9.50 Å². The summed E-state index contributed by atoms with van der Waals surface area (Å²) in [6.07, 6.45) is 0.922. The van der Waals surface area contributed by atoms with Crippen LogP contribution in [-0.4, -0.2) is 52.1 Å². The molecule has 0 atom stereocenters. The van der Waals surface area contributed by atoms with E-state index in [0.29, 0.717) is 0 Å². The van der Waals surface area contributed by atoms with E-state index < -0.39 is 0 Å². The highest BCUT2D eigenvalue weighted by Crippen LogP contribution is 2.32. The molecule has 0 aromatic carbocycles. The second-order valence-corrected chi connectivity index (χ2v) is 7.92. The lowest BCUT2D eigenvalue weighted by atomic mass is 10.1. The molecular formula is C20H27N5OS. The first-order chi connectivity index (χ1) is 13.1. The largest absolute Gasteiger partial charge is 0.352 e. The van der Waals surface area contributed by atoms with Gasteiger partial charge in [-0.1, -0.05) is 13.8 Å². The van der Waals surface area contributed by atoms with Crippen molar-refractivity contribution in [3.63, 3.8) is 0 Å².